The van der Waals surface area contributed by atoms with Crippen molar-refractivity contribution < 1.29 is 23.7 Å². The second kappa shape index (κ2) is 6.79. The third-order valence-corrected chi connectivity index (χ3v) is 3.83. The summed E-state index contributed by atoms with van der Waals surface area (Å²) in [5, 5.41) is 8.56. The van der Waals surface area contributed by atoms with E-state index in [4.69, 9.17) is 4.52 Å². The Morgan fingerprint density at radius 3 is 2.35 bits per heavy atom. The SMILES string of the molecule is Cc1cc(NC(=O)[C@@H](C)NC(=O)CN2C(=O)c3ccccc3C2=O)no1. The van der Waals surface area contributed by atoms with Crippen molar-refractivity contribution >= 4 is 29.4 Å². The fraction of sp³-hybridized carbons (Fsp3) is 0.235. The number of carbonyl (C=O) groups is 4. The van der Waals surface area contributed by atoms with E-state index in [1.54, 1.807) is 19.1 Å². The molecule has 0 aliphatic carbocycles. The molecular weight excluding hydrogens is 340 g/mol. The normalized spacial score (nSPS) is 14.2. The van der Waals surface area contributed by atoms with Crippen LogP contribution in [0.2, 0.25) is 0 Å². The van der Waals surface area contributed by atoms with Gasteiger partial charge in [-0.1, -0.05) is 17.3 Å². The summed E-state index contributed by atoms with van der Waals surface area (Å²) in [7, 11) is 0. The maximum absolute atomic E-state index is 12.2. The molecule has 134 valence electrons. The van der Waals surface area contributed by atoms with Gasteiger partial charge in [0.05, 0.1) is 11.1 Å². The van der Waals surface area contributed by atoms with E-state index in [-0.39, 0.29) is 16.9 Å². The van der Waals surface area contributed by atoms with Crippen LogP contribution in [-0.4, -0.2) is 46.3 Å². The lowest BCUT2D eigenvalue weighted by atomic mass is 10.1. The van der Waals surface area contributed by atoms with Gasteiger partial charge in [0.1, 0.15) is 18.3 Å². The zero-order chi connectivity index (χ0) is 18.8. The first-order valence-electron chi connectivity index (χ1n) is 7.85. The quantitative estimate of drug-likeness (QED) is 0.762. The van der Waals surface area contributed by atoms with Gasteiger partial charge in [-0.2, -0.15) is 0 Å². The molecule has 0 fully saturated rings. The largest absolute Gasteiger partial charge is 0.360 e. The van der Waals surface area contributed by atoms with Crippen molar-refractivity contribution in [3.05, 3.63) is 47.2 Å². The smallest absolute Gasteiger partial charge is 0.262 e. The predicted octanol–water partition coefficient (Wildman–Crippen LogP) is 0.722. The number of fused-ring (bicyclic) bond motifs is 1. The number of hydrogen-bond donors (Lipinski definition) is 2. The van der Waals surface area contributed by atoms with Gasteiger partial charge in [0.2, 0.25) is 11.8 Å². The number of carbonyl (C=O) groups excluding carboxylic acids is 4. The first-order chi connectivity index (χ1) is 12.4. The Morgan fingerprint density at radius 2 is 1.81 bits per heavy atom. The summed E-state index contributed by atoms with van der Waals surface area (Å²) in [5.41, 5.74) is 0.523. The number of imide groups is 1. The topological polar surface area (TPSA) is 122 Å². The third-order valence-electron chi connectivity index (χ3n) is 3.83. The third kappa shape index (κ3) is 3.32. The molecule has 1 aromatic carbocycles. The molecule has 2 aromatic rings. The lowest BCUT2D eigenvalue weighted by molar-refractivity contribution is -0.126. The zero-order valence-electron chi connectivity index (χ0n) is 14.1. The van der Waals surface area contributed by atoms with Crippen LogP contribution in [0, 0.1) is 6.92 Å². The fourth-order valence-electron chi connectivity index (χ4n) is 2.54. The van der Waals surface area contributed by atoms with Crippen LogP contribution >= 0.6 is 0 Å². The summed E-state index contributed by atoms with van der Waals surface area (Å²) in [6.45, 7) is 2.69. The molecule has 9 heteroatoms. The number of anilines is 1. The zero-order valence-corrected chi connectivity index (χ0v) is 14.1. The predicted molar refractivity (Wildman–Crippen MR) is 89.3 cm³/mol. The molecule has 0 unspecified atom stereocenters. The first-order valence-corrected chi connectivity index (χ1v) is 7.85. The summed E-state index contributed by atoms with van der Waals surface area (Å²) in [6.07, 6.45) is 0. The number of aromatic nitrogens is 1. The Balaban J connectivity index is 1.58. The van der Waals surface area contributed by atoms with Crippen LogP contribution in [0.4, 0.5) is 5.82 Å². The molecule has 0 saturated carbocycles. The van der Waals surface area contributed by atoms with E-state index >= 15 is 0 Å². The van der Waals surface area contributed by atoms with Gasteiger partial charge in [-0.3, -0.25) is 24.1 Å². The number of nitrogens with one attached hydrogen (secondary N) is 2. The molecule has 3 rings (SSSR count). The van der Waals surface area contributed by atoms with Crippen molar-refractivity contribution in [1.29, 1.82) is 0 Å². The highest BCUT2D eigenvalue weighted by Crippen LogP contribution is 2.21. The van der Waals surface area contributed by atoms with Crippen LogP contribution in [0.15, 0.2) is 34.9 Å². The minimum absolute atomic E-state index is 0.231. The summed E-state index contributed by atoms with van der Waals surface area (Å²) < 4.78 is 4.84. The van der Waals surface area contributed by atoms with E-state index in [9.17, 15) is 19.2 Å². The van der Waals surface area contributed by atoms with E-state index in [0.717, 1.165) is 4.90 Å². The average molecular weight is 356 g/mol. The highest BCUT2D eigenvalue weighted by atomic mass is 16.5. The molecule has 26 heavy (non-hydrogen) atoms. The van der Waals surface area contributed by atoms with E-state index < -0.39 is 36.2 Å². The molecule has 0 radical (unpaired) electrons. The number of hydrogen-bond acceptors (Lipinski definition) is 6. The molecule has 9 nitrogen and oxygen atoms in total. The van der Waals surface area contributed by atoms with Gasteiger partial charge in [0.25, 0.3) is 11.8 Å². The highest BCUT2D eigenvalue weighted by Gasteiger charge is 2.36. The first kappa shape index (κ1) is 17.3. The van der Waals surface area contributed by atoms with Crippen LogP contribution in [0.25, 0.3) is 0 Å². The molecule has 1 aliphatic rings. The van der Waals surface area contributed by atoms with E-state index in [2.05, 4.69) is 15.8 Å². The molecule has 4 amide bonds. The Labute approximate surface area is 148 Å². The summed E-state index contributed by atoms with van der Waals surface area (Å²) >= 11 is 0. The highest BCUT2D eigenvalue weighted by molar-refractivity contribution is 6.22. The van der Waals surface area contributed by atoms with Crippen LogP contribution in [-0.2, 0) is 9.59 Å². The monoisotopic (exact) mass is 356 g/mol. The van der Waals surface area contributed by atoms with Crippen molar-refractivity contribution in [2.24, 2.45) is 0 Å². The lowest BCUT2D eigenvalue weighted by Crippen LogP contribution is -2.47. The summed E-state index contributed by atoms with van der Waals surface area (Å²) in [6, 6.07) is 6.99. The van der Waals surface area contributed by atoms with Gasteiger partial charge in [-0.25, -0.2) is 0 Å². The second-order valence-electron chi connectivity index (χ2n) is 5.84. The number of benzene rings is 1. The maximum atomic E-state index is 12.2. The van der Waals surface area contributed by atoms with Gasteiger partial charge in [-0.15, -0.1) is 0 Å². The lowest BCUT2D eigenvalue weighted by Gasteiger charge is -2.16. The molecule has 1 aromatic heterocycles. The molecule has 1 atom stereocenters. The van der Waals surface area contributed by atoms with Crippen LogP contribution in [0.3, 0.4) is 0 Å². The number of aryl methyl sites for hydroxylation is 1. The summed E-state index contributed by atoms with van der Waals surface area (Å²) in [5.74, 6) is -1.43. The maximum Gasteiger partial charge on any atom is 0.262 e. The Hall–Kier alpha value is -3.49. The van der Waals surface area contributed by atoms with Crippen LogP contribution < -0.4 is 10.6 Å². The average Bonchev–Trinajstić information content (AvgIpc) is 3.12. The number of nitrogens with zero attached hydrogens (tertiary/aromatic N) is 2. The van der Waals surface area contributed by atoms with Gasteiger partial charge in [-0.05, 0) is 26.0 Å². The Morgan fingerprint density at radius 1 is 1.19 bits per heavy atom. The molecule has 0 saturated heterocycles. The van der Waals surface area contributed by atoms with Crippen LogP contribution in [0.1, 0.15) is 33.4 Å². The van der Waals surface area contributed by atoms with Crippen molar-refractivity contribution in [1.82, 2.24) is 15.4 Å². The van der Waals surface area contributed by atoms with Gasteiger partial charge >= 0.3 is 0 Å². The van der Waals surface area contributed by atoms with Crippen molar-refractivity contribution in [3.8, 4) is 0 Å². The second-order valence-corrected chi connectivity index (χ2v) is 5.84. The van der Waals surface area contributed by atoms with Crippen molar-refractivity contribution in [2.45, 2.75) is 19.9 Å². The van der Waals surface area contributed by atoms with Gasteiger partial charge < -0.3 is 15.2 Å². The van der Waals surface area contributed by atoms with Crippen LogP contribution in [0.5, 0.6) is 0 Å². The standard InChI is InChI=1S/C17H16N4O5/c1-9-7-13(20-26-9)19-15(23)10(2)18-14(22)8-21-16(24)11-5-3-4-6-12(11)17(21)25/h3-7,10H,8H2,1-2H3,(H,18,22)(H,19,20,23)/t10-/m1/s1. The molecule has 0 spiro atoms. The number of amides is 4. The van der Waals surface area contributed by atoms with E-state index in [0.29, 0.717) is 5.76 Å². The molecule has 2 N–H and O–H groups in total. The Kier molecular flexibility index (Phi) is 4.53. The minimum atomic E-state index is -0.894. The van der Waals surface area contributed by atoms with Gasteiger partial charge in [0.15, 0.2) is 5.82 Å². The number of rotatable bonds is 5. The molecular formula is C17H16N4O5. The molecule has 2 heterocycles. The molecule has 1 aliphatic heterocycles. The van der Waals surface area contributed by atoms with Crippen molar-refractivity contribution in [2.75, 3.05) is 11.9 Å². The van der Waals surface area contributed by atoms with E-state index in [1.807, 2.05) is 0 Å². The van der Waals surface area contributed by atoms with Gasteiger partial charge in [0, 0.05) is 6.07 Å². The van der Waals surface area contributed by atoms with Crippen molar-refractivity contribution in [3.63, 3.8) is 0 Å². The molecule has 0 bridgehead atoms. The summed E-state index contributed by atoms with van der Waals surface area (Å²) in [4.78, 5) is 49.5. The van der Waals surface area contributed by atoms with E-state index in [1.165, 1.54) is 25.1 Å². The fourth-order valence-corrected chi connectivity index (χ4v) is 2.54. The Bertz CT molecular complexity index is 869. The minimum Gasteiger partial charge on any atom is -0.360 e.